The summed E-state index contributed by atoms with van der Waals surface area (Å²) in [7, 11) is 0. The minimum atomic E-state index is 0.125. The van der Waals surface area contributed by atoms with Crippen molar-refractivity contribution in [3.63, 3.8) is 0 Å². The van der Waals surface area contributed by atoms with E-state index in [0.29, 0.717) is 5.92 Å². The number of rotatable bonds is 0. The second kappa shape index (κ2) is 12.8. The summed E-state index contributed by atoms with van der Waals surface area (Å²) in [6.45, 7) is 13.6. The predicted octanol–water partition coefficient (Wildman–Crippen LogP) is 13.4. The molecule has 0 saturated carbocycles. The number of aryl methyl sites for hydroxylation is 3. The average molecular weight is 621 g/mol. The molecular weight excluding hydrogens is 577 g/mol. The first-order chi connectivity index (χ1) is 23.3. The van der Waals surface area contributed by atoms with Gasteiger partial charge in [-0.3, -0.25) is 0 Å². The molecule has 0 saturated heterocycles. The van der Waals surface area contributed by atoms with Crippen molar-refractivity contribution in [1.82, 2.24) is 0 Å². The lowest BCUT2D eigenvalue weighted by Crippen LogP contribution is -2.28. The van der Waals surface area contributed by atoms with Crippen LogP contribution in [0.1, 0.15) is 65.6 Å². The monoisotopic (exact) mass is 620 g/mol. The number of hydrogen-bond acceptors (Lipinski definition) is 0. The normalized spacial score (nSPS) is 13.3. The molecule has 0 unspecified atom stereocenters. The Hall–Kier alpha value is -5.20. The van der Waals surface area contributed by atoms with Crippen molar-refractivity contribution in [2.45, 2.75) is 52.9 Å². The van der Waals surface area contributed by atoms with Crippen molar-refractivity contribution < 1.29 is 0 Å². The molecule has 0 fully saturated rings. The van der Waals surface area contributed by atoms with E-state index in [1.54, 1.807) is 0 Å². The van der Waals surface area contributed by atoms with Gasteiger partial charge in [0.2, 0.25) is 0 Å². The molecule has 0 amide bonds. The fourth-order valence-electron chi connectivity index (χ4n) is 8.01. The van der Waals surface area contributed by atoms with Crippen LogP contribution in [0.15, 0.2) is 152 Å². The Morgan fingerprint density at radius 3 is 1.06 bits per heavy atom. The fourth-order valence-corrected chi connectivity index (χ4v) is 8.01. The molecule has 1 aliphatic carbocycles. The summed E-state index contributed by atoms with van der Waals surface area (Å²) in [5.74, 6) is 0.510. The van der Waals surface area contributed by atoms with Gasteiger partial charge in [0, 0.05) is 11.3 Å². The standard InChI is InChI=1S/C17H18.C16H14.C15H12/c1-12-13-8-4-6-10-15(13)17(2,3)16-11-7-5-9-14(12)16;1-11-13-7-3-5-9-15(13)12(2)16-10-6-4-8-14(11)16;1-11-14-8-4-2-6-12(14)10-13-7-3-5-9-15(11)13/h4-12H,1-3H3;3-10H,1-2H3;2-10H,1H3. The zero-order valence-electron chi connectivity index (χ0n) is 29.0. The predicted molar refractivity (Wildman–Crippen MR) is 210 cm³/mol. The average Bonchev–Trinajstić information content (AvgIpc) is 3.14. The molecule has 1 aliphatic rings. The van der Waals surface area contributed by atoms with Crippen molar-refractivity contribution in [1.29, 1.82) is 0 Å². The van der Waals surface area contributed by atoms with Crippen molar-refractivity contribution in [3.05, 3.63) is 191 Å². The third-order valence-corrected chi connectivity index (χ3v) is 10.7. The summed E-state index contributed by atoms with van der Waals surface area (Å²) in [4.78, 5) is 0. The van der Waals surface area contributed by atoms with Gasteiger partial charge in [-0.1, -0.05) is 166 Å². The highest BCUT2D eigenvalue weighted by molar-refractivity contribution is 6.05. The molecular formula is C48H44. The van der Waals surface area contributed by atoms with Gasteiger partial charge in [-0.2, -0.15) is 0 Å². The van der Waals surface area contributed by atoms with Crippen LogP contribution >= 0.6 is 0 Å². The Bertz CT molecular complexity index is 2200. The first kappa shape index (κ1) is 31.4. The lowest BCUT2D eigenvalue weighted by molar-refractivity contribution is 0.591. The van der Waals surface area contributed by atoms with Gasteiger partial charge in [-0.05, 0) is 109 Å². The van der Waals surface area contributed by atoms with E-state index in [1.807, 2.05) is 0 Å². The van der Waals surface area contributed by atoms with Crippen LogP contribution in [-0.2, 0) is 5.41 Å². The second-order valence-corrected chi connectivity index (χ2v) is 13.8. The highest BCUT2D eigenvalue weighted by Crippen LogP contribution is 2.46. The summed E-state index contributed by atoms with van der Waals surface area (Å²) < 4.78 is 0. The molecule has 0 spiro atoms. The highest BCUT2D eigenvalue weighted by Gasteiger charge is 2.34. The summed E-state index contributed by atoms with van der Waals surface area (Å²) in [5, 5.41) is 10.9. The molecule has 0 nitrogen and oxygen atoms in total. The first-order valence-electron chi connectivity index (χ1n) is 17.2. The van der Waals surface area contributed by atoms with Crippen LogP contribution in [0.25, 0.3) is 43.1 Å². The van der Waals surface area contributed by atoms with Crippen LogP contribution in [0.2, 0.25) is 0 Å². The topological polar surface area (TPSA) is 0 Å². The van der Waals surface area contributed by atoms with Crippen molar-refractivity contribution >= 4 is 43.1 Å². The van der Waals surface area contributed by atoms with Crippen LogP contribution in [-0.4, -0.2) is 0 Å². The SMILES string of the molecule is CC1c2ccccc2C(C)(C)c2ccccc21.Cc1c2ccccc2c(C)c2ccccc12.Cc1c2ccccc2cc2ccccc12. The van der Waals surface area contributed by atoms with Gasteiger partial charge in [-0.25, -0.2) is 0 Å². The molecule has 0 N–H and O–H groups in total. The summed E-state index contributed by atoms with van der Waals surface area (Å²) in [6, 6.07) is 54.4. The minimum Gasteiger partial charge on any atom is -0.0620 e. The van der Waals surface area contributed by atoms with Gasteiger partial charge in [0.25, 0.3) is 0 Å². The van der Waals surface area contributed by atoms with Crippen LogP contribution in [0, 0.1) is 20.8 Å². The number of fused-ring (bicyclic) bond motifs is 6. The molecule has 0 bridgehead atoms. The highest BCUT2D eigenvalue weighted by atomic mass is 14.4. The molecule has 236 valence electrons. The van der Waals surface area contributed by atoms with E-state index < -0.39 is 0 Å². The van der Waals surface area contributed by atoms with E-state index >= 15 is 0 Å². The zero-order valence-corrected chi connectivity index (χ0v) is 29.0. The van der Waals surface area contributed by atoms with E-state index in [2.05, 4.69) is 193 Å². The zero-order chi connectivity index (χ0) is 33.4. The van der Waals surface area contributed by atoms with E-state index in [-0.39, 0.29) is 5.41 Å². The van der Waals surface area contributed by atoms with Crippen LogP contribution < -0.4 is 0 Å². The molecule has 0 atom stereocenters. The Morgan fingerprint density at radius 1 is 0.375 bits per heavy atom. The van der Waals surface area contributed by atoms with Gasteiger partial charge in [-0.15, -0.1) is 0 Å². The van der Waals surface area contributed by atoms with Gasteiger partial charge in [0.05, 0.1) is 0 Å². The fraction of sp³-hybridized carbons (Fsp3) is 0.167. The Labute approximate surface area is 285 Å². The molecule has 8 aromatic rings. The molecule has 0 heterocycles. The number of benzene rings is 8. The van der Waals surface area contributed by atoms with E-state index in [4.69, 9.17) is 0 Å². The van der Waals surface area contributed by atoms with Gasteiger partial charge in [0.15, 0.2) is 0 Å². The van der Waals surface area contributed by atoms with E-state index in [1.165, 1.54) is 82.0 Å². The maximum Gasteiger partial charge on any atom is 0.0152 e. The van der Waals surface area contributed by atoms with Crippen molar-refractivity contribution in [2.75, 3.05) is 0 Å². The first-order valence-corrected chi connectivity index (χ1v) is 17.2. The summed E-state index contributed by atoms with van der Waals surface area (Å²) in [6.07, 6.45) is 0. The minimum absolute atomic E-state index is 0.125. The maximum atomic E-state index is 2.33. The molecule has 0 aliphatic heterocycles. The van der Waals surface area contributed by atoms with Gasteiger partial charge >= 0.3 is 0 Å². The van der Waals surface area contributed by atoms with Crippen LogP contribution in [0.5, 0.6) is 0 Å². The molecule has 0 radical (unpaired) electrons. The summed E-state index contributed by atoms with van der Waals surface area (Å²) >= 11 is 0. The summed E-state index contributed by atoms with van der Waals surface area (Å²) in [5.41, 5.74) is 10.2. The largest absolute Gasteiger partial charge is 0.0620 e. The van der Waals surface area contributed by atoms with Gasteiger partial charge in [0.1, 0.15) is 0 Å². The molecule has 48 heavy (non-hydrogen) atoms. The Balaban J connectivity index is 0.000000114. The lowest BCUT2D eigenvalue weighted by Gasteiger charge is -2.38. The Kier molecular flexibility index (Phi) is 8.36. The maximum absolute atomic E-state index is 2.33. The molecule has 0 heteroatoms. The molecule has 9 rings (SSSR count). The lowest BCUT2D eigenvalue weighted by atomic mass is 9.66. The number of hydrogen-bond donors (Lipinski definition) is 0. The second-order valence-electron chi connectivity index (χ2n) is 13.8. The Morgan fingerprint density at radius 2 is 0.667 bits per heavy atom. The van der Waals surface area contributed by atoms with Crippen LogP contribution in [0.4, 0.5) is 0 Å². The quantitative estimate of drug-likeness (QED) is 0.148. The van der Waals surface area contributed by atoms with E-state index in [0.717, 1.165) is 0 Å². The van der Waals surface area contributed by atoms with Gasteiger partial charge < -0.3 is 0 Å². The van der Waals surface area contributed by atoms with Crippen LogP contribution in [0.3, 0.4) is 0 Å². The molecule has 8 aromatic carbocycles. The third-order valence-electron chi connectivity index (χ3n) is 10.7. The van der Waals surface area contributed by atoms with Crippen molar-refractivity contribution in [3.8, 4) is 0 Å². The van der Waals surface area contributed by atoms with E-state index in [9.17, 15) is 0 Å². The third kappa shape index (κ3) is 5.46. The molecule has 0 aromatic heterocycles. The smallest absolute Gasteiger partial charge is 0.0152 e. The van der Waals surface area contributed by atoms with Crippen molar-refractivity contribution in [2.24, 2.45) is 0 Å².